The van der Waals surface area contributed by atoms with E-state index in [1.54, 1.807) is 6.92 Å². The lowest BCUT2D eigenvalue weighted by Crippen LogP contribution is -2.54. The second-order valence-electron chi connectivity index (χ2n) is 7.13. The Hall–Kier alpha value is -1.79. The fourth-order valence-corrected chi connectivity index (χ4v) is 2.83. The first kappa shape index (κ1) is 22.3. The average Bonchev–Trinajstić information content (AvgIpc) is 2.63. The first-order valence-electron chi connectivity index (χ1n) is 9.35. The van der Waals surface area contributed by atoms with E-state index in [1.165, 1.54) is 0 Å². The molecule has 3 N–H and O–H groups in total. The lowest BCUT2D eigenvalue weighted by Gasteiger charge is -2.36. The number of phenolic OH excluding ortho intramolecular Hbond substituents is 1. The van der Waals surface area contributed by atoms with Gasteiger partial charge in [-0.3, -0.25) is 15.1 Å². The van der Waals surface area contributed by atoms with Crippen molar-refractivity contribution in [3.05, 3.63) is 22.3 Å². The van der Waals surface area contributed by atoms with E-state index in [4.69, 9.17) is 9.57 Å². The summed E-state index contributed by atoms with van der Waals surface area (Å²) in [4.78, 5) is 17.7. The summed E-state index contributed by atoms with van der Waals surface area (Å²) >= 11 is 0. The molecule has 1 atom stereocenters. The molecule has 148 valence electrons. The van der Waals surface area contributed by atoms with Gasteiger partial charge in [0.1, 0.15) is 11.5 Å². The number of aromatic hydroxyl groups is 1. The lowest BCUT2D eigenvalue weighted by atomic mass is 9.87. The molecule has 0 radical (unpaired) electrons. The highest BCUT2D eigenvalue weighted by molar-refractivity contribution is 5.85. The molecular weight excluding hydrogens is 332 g/mol. The molecule has 1 aliphatic rings. The fourth-order valence-electron chi connectivity index (χ4n) is 2.83. The van der Waals surface area contributed by atoms with Crippen LogP contribution in [0.15, 0.2) is 0 Å². The predicted molar refractivity (Wildman–Crippen MR) is 103 cm³/mol. The minimum absolute atomic E-state index is 0.278. The molecule has 6 nitrogen and oxygen atoms in total. The zero-order valence-corrected chi connectivity index (χ0v) is 17.4. The topological polar surface area (TPSA) is 79.8 Å². The molecule has 26 heavy (non-hydrogen) atoms. The second-order valence-corrected chi connectivity index (χ2v) is 7.13. The summed E-state index contributed by atoms with van der Waals surface area (Å²) in [6.07, 6.45) is 1.20. The van der Waals surface area contributed by atoms with Crippen LogP contribution in [-0.2, 0) is 16.1 Å². The molecule has 6 heteroatoms. The van der Waals surface area contributed by atoms with E-state index >= 15 is 0 Å². The van der Waals surface area contributed by atoms with Gasteiger partial charge in [-0.25, -0.2) is 0 Å². The van der Waals surface area contributed by atoms with Crippen molar-refractivity contribution in [1.29, 1.82) is 0 Å². The maximum Gasteiger partial charge on any atom is 0.279 e. The van der Waals surface area contributed by atoms with Crippen molar-refractivity contribution in [1.82, 2.24) is 11.0 Å². The van der Waals surface area contributed by atoms with Crippen molar-refractivity contribution in [2.24, 2.45) is 5.92 Å². The van der Waals surface area contributed by atoms with Gasteiger partial charge in [-0.2, -0.15) is 0 Å². The molecule has 1 amide bonds. The van der Waals surface area contributed by atoms with Crippen LogP contribution in [0.25, 0.3) is 0 Å². The number of benzene rings is 1. The number of phenols is 1. The number of nitrogens with one attached hydrogen (secondary N) is 2. The van der Waals surface area contributed by atoms with E-state index in [0.29, 0.717) is 36.9 Å². The summed E-state index contributed by atoms with van der Waals surface area (Å²) in [5.41, 5.74) is 7.52. The third kappa shape index (κ3) is 4.68. The minimum atomic E-state index is -0.984. The first-order chi connectivity index (χ1) is 12.2. The van der Waals surface area contributed by atoms with Gasteiger partial charge in [0.15, 0.2) is 5.60 Å². The van der Waals surface area contributed by atoms with E-state index in [9.17, 15) is 9.90 Å². The van der Waals surface area contributed by atoms with Crippen molar-refractivity contribution < 1.29 is 19.5 Å². The Morgan fingerprint density at radius 3 is 2.42 bits per heavy atom. The normalized spacial score (nSPS) is 18.5. The second kappa shape index (κ2) is 9.24. The first-order valence-corrected chi connectivity index (χ1v) is 9.35. The smallest absolute Gasteiger partial charge is 0.279 e. The zero-order valence-electron chi connectivity index (χ0n) is 17.4. The molecule has 1 heterocycles. The van der Waals surface area contributed by atoms with Crippen LogP contribution in [0.5, 0.6) is 11.5 Å². The van der Waals surface area contributed by atoms with E-state index in [0.717, 1.165) is 22.3 Å². The third-order valence-corrected chi connectivity index (χ3v) is 4.65. The number of hydrazine groups is 1. The van der Waals surface area contributed by atoms with Gasteiger partial charge in [-0.15, -0.1) is 5.59 Å². The van der Waals surface area contributed by atoms with Crippen LogP contribution >= 0.6 is 0 Å². The van der Waals surface area contributed by atoms with Gasteiger partial charge in [0.2, 0.25) is 0 Å². The molecule has 1 aromatic rings. The number of fused-ring (bicyclic) bond motifs is 1. The number of ether oxygens (including phenoxy) is 1. The zero-order chi connectivity index (χ0) is 20.1. The van der Waals surface area contributed by atoms with Crippen LogP contribution in [0, 0.1) is 26.7 Å². The highest BCUT2D eigenvalue weighted by Gasteiger charge is 2.40. The third-order valence-electron chi connectivity index (χ3n) is 4.65. The van der Waals surface area contributed by atoms with Gasteiger partial charge in [-0.05, 0) is 56.7 Å². The summed E-state index contributed by atoms with van der Waals surface area (Å²) in [5, 5.41) is 10.2. The average molecular weight is 367 g/mol. The van der Waals surface area contributed by atoms with Crippen molar-refractivity contribution in [2.75, 3.05) is 6.61 Å². The summed E-state index contributed by atoms with van der Waals surface area (Å²) in [6.45, 7) is 16.0. The highest BCUT2D eigenvalue weighted by atomic mass is 16.7. The number of rotatable bonds is 5. The number of carbonyl (C=O) groups is 1. The minimum Gasteiger partial charge on any atom is -0.507 e. The van der Waals surface area contributed by atoms with Crippen LogP contribution in [0.1, 0.15) is 63.3 Å². The molecule has 1 aliphatic heterocycles. The molecule has 1 unspecified atom stereocenters. The molecule has 0 aliphatic carbocycles. The van der Waals surface area contributed by atoms with Crippen LogP contribution < -0.4 is 15.8 Å². The Morgan fingerprint density at radius 1 is 1.23 bits per heavy atom. The standard InChI is InChI=1S/C18H28N2O4.C2H6/c1-10(2)9-23-20-19-17(22)18(6)8-7-14-13(5)15(21)11(3)12(4)16(14)24-18;1-2/h10,20-21H,7-9H2,1-6H3,(H,19,22);1-2H3. The maximum absolute atomic E-state index is 12.5. The molecule has 1 aromatic carbocycles. The van der Waals surface area contributed by atoms with Gasteiger partial charge in [0, 0.05) is 12.0 Å². The van der Waals surface area contributed by atoms with Gasteiger partial charge in [-0.1, -0.05) is 27.7 Å². The van der Waals surface area contributed by atoms with Crippen molar-refractivity contribution in [2.45, 2.75) is 73.8 Å². The van der Waals surface area contributed by atoms with E-state index < -0.39 is 5.60 Å². The van der Waals surface area contributed by atoms with Crippen LogP contribution in [0.2, 0.25) is 0 Å². The molecule has 0 saturated carbocycles. The molecule has 0 fully saturated rings. The van der Waals surface area contributed by atoms with Crippen LogP contribution in [0.3, 0.4) is 0 Å². The predicted octanol–water partition coefficient (Wildman–Crippen LogP) is 3.64. The van der Waals surface area contributed by atoms with Gasteiger partial charge >= 0.3 is 0 Å². The lowest BCUT2D eigenvalue weighted by molar-refractivity contribution is -0.143. The number of hydrogen-bond acceptors (Lipinski definition) is 5. The van der Waals surface area contributed by atoms with Crippen LogP contribution in [-0.4, -0.2) is 23.2 Å². The van der Waals surface area contributed by atoms with E-state index in [1.807, 2.05) is 48.5 Å². The van der Waals surface area contributed by atoms with Crippen molar-refractivity contribution >= 4 is 5.91 Å². The highest BCUT2D eigenvalue weighted by Crippen LogP contribution is 2.43. The maximum atomic E-state index is 12.5. The van der Waals surface area contributed by atoms with E-state index in [2.05, 4.69) is 11.0 Å². The van der Waals surface area contributed by atoms with Gasteiger partial charge in [0.25, 0.3) is 5.91 Å². The Labute approximate surface area is 157 Å². The quantitative estimate of drug-likeness (QED) is 0.548. The SMILES string of the molecule is CC.Cc1c(C)c2c(c(C)c1O)CCC(C)(C(=O)NNOCC(C)C)O2. The molecule has 0 bridgehead atoms. The summed E-state index contributed by atoms with van der Waals surface area (Å²) < 4.78 is 6.09. The van der Waals surface area contributed by atoms with Crippen LogP contribution in [0.4, 0.5) is 0 Å². The summed E-state index contributed by atoms with van der Waals surface area (Å²) in [6, 6.07) is 0. The Bertz CT molecular complexity index is 643. The fraction of sp³-hybridized carbons (Fsp3) is 0.650. The number of hydrogen-bond donors (Lipinski definition) is 3. The molecule has 2 rings (SSSR count). The Morgan fingerprint density at radius 2 is 1.85 bits per heavy atom. The van der Waals surface area contributed by atoms with Gasteiger partial charge < -0.3 is 9.84 Å². The van der Waals surface area contributed by atoms with Crippen molar-refractivity contribution in [3.63, 3.8) is 0 Å². The Balaban J connectivity index is 0.00000163. The summed E-state index contributed by atoms with van der Waals surface area (Å²) in [7, 11) is 0. The van der Waals surface area contributed by atoms with E-state index in [-0.39, 0.29) is 5.91 Å². The van der Waals surface area contributed by atoms with Gasteiger partial charge in [0.05, 0.1) is 6.61 Å². The number of amides is 1. The molecule has 0 saturated heterocycles. The monoisotopic (exact) mass is 366 g/mol. The Kier molecular flexibility index (Phi) is 7.90. The molecular formula is C20H34N2O4. The van der Waals surface area contributed by atoms with Crippen molar-refractivity contribution in [3.8, 4) is 11.5 Å². The molecule has 0 aromatic heterocycles. The number of carbonyl (C=O) groups excluding carboxylic acids is 1. The molecule has 0 spiro atoms. The summed E-state index contributed by atoms with van der Waals surface area (Å²) in [5.74, 6) is 1.10. The largest absolute Gasteiger partial charge is 0.507 e.